The fourth-order valence-electron chi connectivity index (χ4n) is 3.99. The minimum atomic E-state index is -0.182. The van der Waals surface area contributed by atoms with Crippen LogP contribution in [0.15, 0.2) is 48.5 Å². The van der Waals surface area contributed by atoms with E-state index in [0.717, 1.165) is 38.2 Å². The molecule has 1 unspecified atom stereocenters. The van der Waals surface area contributed by atoms with Gasteiger partial charge in [0.1, 0.15) is 5.82 Å². The Morgan fingerprint density at radius 1 is 1.03 bits per heavy atom. The Morgan fingerprint density at radius 2 is 1.65 bits per heavy atom. The van der Waals surface area contributed by atoms with Crippen molar-refractivity contribution < 1.29 is 13.9 Å². The topological polar surface area (TPSA) is 58.8 Å². The second-order valence-corrected chi connectivity index (χ2v) is 9.49. The van der Waals surface area contributed by atoms with Gasteiger partial charge in [-0.2, -0.15) is 0 Å². The summed E-state index contributed by atoms with van der Waals surface area (Å²) in [5.74, 6) is 0.335. The first-order valence-electron chi connectivity index (χ1n) is 13.7. The summed E-state index contributed by atoms with van der Waals surface area (Å²) in [6.07, 6.45) is 9.38. The van der Waals surface area contributed by atoms with E-state index < -0.39 is 0 Å². The van der Waals surface area contributed by atoms with Crippen LogP contribution in [0.25, 0.3) is 11.1 Å². The van der Waals surface area contributed by atoms with Crippen LogP contribution in [0.3, 0.4) is 0 Å². The zero-order valence-corrected chi connectivity index (χ0v) is 24.2. The van der Waals surface area contributed by atoms with Crippen LogP contribution in [0, 0.1) is 5.82 Å². The van der Waals surface area contributed by atoms with Gasteiger partial charge in [0.05, 0.1) is 0 Å². The number of nitrogens with zero attached hydrogens (tertiary/aromatic N) is 2. The lowest BCUT2D eigenvalue weighted by molar-refractivity contribution is -0.117. The van der Waals surface area contributed by atoms with E-state index in [1.54, 1.807) is 12.0 Å². The molecule has 2 aromatic carbocycles. The van der Waals surface area contributed by atoms with Gasteiger partial charge in [0.15, 0.2) is 0 Å². The fraction of sp³-hybridized carbons (Fsp3) is 0.581. The van der Waals surface area contributed by atoms with E-state index in [0.29, 0.717) is 5.92 Å². The third-order valence-corrected chi connectivity index (χ3v) is 6.13. The van der Waals surface area contributed by atoms with Crippen molar-refractivity contribution in [1.29, 1.82) is 0 Å². The second-order valence-electron chi connectivity index (χ2n) is 9.49. The Hall–Kier alpha value is -2.28. The summed E-state index contributed by atoms with van der Waals surface area (Å²) >= 11 is 0. The van der Waals surface area contributed by atoms with Crippen molar-refractivity contribution in [3.8, 4) is 11.1 Å². The highest BCUT2D eigenvalue weighted by Gasteiger charge is 2.11. The van der Waals surface area contributed by atoms with Gasteiger partial charge in [0, 0.05) is 26.8 Å². The molecular weight excluding hydrogens is 465 g/mol. The van der Waals surface area contributed by atoms with Crippen LogP contribution in [0.5, 0.6) is 0 Å². The van der Waals surface area contributed by atoms with Gasteiger partial charge >= 0.3 is 0 Å². The van der Waals surface area contributed by atoms with Crippen LogP contribution in [-0.2, 0) is 9.53 Å². The van der Waals surface area contributed by atoms with E-state index >= 15 is 0 Å². The molecule has 1 saturated heterocycles. The predicted octanol–water partition coefficient (Wildman–Crippen LogP) is 6.57. The second kappa shape index (κ2) is 22.9. The number of rotatable bonds is 11. The van der Waals surface area contributed by atoms with Crippen LogP contribution in [0.2, 0.25) is 0 Å². The molecule has 0 saturated carbocycles. The molecule has 1 heterocycles. The summed E-state index contributed by atoms with van der Waals surface area (Å²) in [7, 11) is 7.47. The maximum absolute atomic E-state index is 13.1. The zero-order valence-electron chi connectivity index (χ0n) is 24.2. The zero-order chi connectivity index (χ0) is 27.9. The standard InChI is InChI=1S/C20H26FN.C5H9NO.C5H12O.CH5N/c1-16(8-6-7-15-22(2)3)19-9-4-5-10-20(19)17-11-13-18(21)14-12-17;7-5-6-3-1-2-4-6;1-3-4-5-6-2;1-2/h4-5,9-14,16H,6-8,15H2,1-3H3;5H,1-4H2;3-5H2,1-2H3;2H2,1H3. The van der Waals surface area contributed by atoms with Crippen molar-refractivity contribution in [2.24, 2.45) is 5.73 Å². The predicted molar refractivity (Wildman–Crippen MR) is 156 cm³/mol. The molecule has 1 aliphatic heterocycles. The summed E-state index contributed by atoms with van der Waals surface area (Å²) < 4.78 is 17.9. The summed E-state index contributed by atoms with van der Waals surface area (Å²) in [5.41, 5.74) is 8.18. The highest BCUT2D eigenvalue weighted by atomic mass is 19.1. The lowest BCUT2D eigenvalue weighted by Crippen LogP contribution is -2.15. The Morgan fingerprint density at radius 3 is 2.14 bits per heavy atom. The van der Waals surface area contributed by atoms with Crippen molar-refractivity contribution in [2.75, 3.05) is 54.5 Å². The summed E-state index contributed by atoms with van der Waals surface area (Å²) in [6.45, 7) is 8.45. The Balaban J connectivity index is 0.000000704. The minimum Gasteiger partial charge on any atom is -0.385 e. The molecule has 37 heavy (non-hydrogen) atoms. The third-order valence-electron chi connectivity index (χ3n) is 6.13. The average Bonchev–Trinajstić information content (AvgIpc) is 3.46. The third kappa shape index (κ3) is 16.2. The highest BCUT2D eigenvalue weighted by molar-refractivity contribution is 5.67. The number of carbonyl (C=O) groups excluding carboxylic acids is 1. The van der Waals surface area contributed by atoms with Crippen molar-refractivity contribution in [3.63, 3.8) is 0 Å². The number of halogens is 1. The molecule has 0 aliphatic carbocycles. The molecule has 1 amide bonds. The monoisotopic (exact) mass is 517 g/mol. The smallest absolute Gasteiger partial charge is 0.209 e. The van der Waals surface area contributed by atoms with Crippen LogP contribution in [0.1, 0.15) is 70.3 Å². The van der Waals surface area contributed by atoms with Gasteiger partial charge < -0.3 is 20.3 Å². The molecule has 1 fully saturated rings. The van der Waals surface area contributed by atoms with E-state index in [1.807, 2.05) is 12.1 Å². The van der Waals surface area contributed by atoms with Crippen molar-refractivity contribution in [1.82, 2.24) is 9.80 Å². The molecule has 210 valence electrons. The minimum absolute atomic E-state index is 0.182. The van der Waals surface area contributed by atoms with Gasteiger partial charge in [-0.15, -0.1) is 0 Å². The quantitative estimate of drug-likeness (QED) is 0.270. The van der Waals surface area contributed by atoms with Gasteiger partial charge in [-0.1, -0.05) is 63.1 Å². The van der Waals surface area contributed by atoms with Crippen LogP contribution >= 0.6 is 0 Å². The van der Waals surface area contributed by atoms with Crippen molar-refractivity contribution >= 4 is 6.41 Å². The molecule has 6 heteroatoms. The number of carbonyl (C=O) groups is 1. The summed E-state index contributed by atoms with van der Waals surface area (Å²) in [6, 6.07) is 15.3. The molecule has 0 spiro atoms. The van der Waals surface area contributed by atoms with E-state index in [9.17, 15) is 9.18 Å². The SMILES string of the molecule is CC(CCCCN(C)C)c1ccccc1-c1ccc(F)cc1.CCCCOC.CN.O=CN1CCCC1. The van der Waals surface area contributed by atoms with E-state index in [-0.39, 0.29) is 5.82 Å². The first kappa shape index (κ1) is 34.7. The van der Waals surface area contributed by atoms with E-state index in [1.165, 1.54) is 75.3 Å². The van der Waals surface area contributed by atoms with Gasteiger partial charge in [-0.3, -0.25) is 4.79 Å². The number of methoxy groups -OCH3 is 1. The lowest BCUT2D eigenvalue weighted by Gasteiger charge is -2.17. The number of hydrogen-bond donors (Lipinski definition) is 1. The Kier molecular flexibility index (Phi) is 21.5. The number of unbranched alkanes of at least 4 members (excludes halogenated alkanes) is 2. The molecular formula is C31H52FN3O2. The molecule has 0 bridgehead atoms. The molecule has 0 aromatic heterocycles. The molecule has 5 nitrogen and oxygen atoms in total. The number of ether oxygens (including phenoxy) is 1. The maximum Gasteiger partial charge on any atom is 0.209 e. The number of benzene rings is 2. The molecule has 0 radical (unpaired) electrons. The van der Waals surface area contributed by atoms with Crippen LogP contribution < -0.4 is 5.73 Å². The van der Waals surface area contributed by atoms with Crippen molar-refractivity contribution in [3.05, 3.63) is 59.9 Å². The van der Waals surface area contributed by atoms with E-state index in [2.05, 4.69) is 62.8 Å². The first-order valence-corrected chi connectivity index (χ1v) is 13.7. The van der Waals surface area contributed by atoms with Gasteiger partial charge in [-0.25, -0.2) is 4.39 Å². The lowest BCUT2D eigenvalue weighted by atomic mass is 9.88. The largest absolute Gasteiger partial charge is 0.385 e. The van der Waals surface area contributed by atoms with Gasteiger partial charge in [0.25, 0.3) is 0 Å². The molecule has 1 aliphatic rings. The Bertz CT molecular complexity index is 789. The Labute approximate surface area is 226 Å². The number of hydrogen-bond acceptors (Lipinski definition) is 4. The van der Waals surface area contributed by atoms with Crippen molar-refractivity contribution in [2.45, 2.75) is 64.7 Å². The fourth-order valence-corrected chi connectivity index (χ4v) is 3.99. The summed E-state index contributed by atoms with van der Waals surface area (Å²) in [4.78, 5) is 14.0. The maximum atomic E-state index is 13.1. The van der Waals surface area contributed by atoms with E-state index in [4.69, 9.17) is 4.74 Å². The van der Waals surface area contributed by atoms with Crippen LogP contribution in [0.4, 0.5) is 4.39 Å². The molecule has 2 N–H and O–H groups in total. The summed E-state index contributed by atoms with van der Waals surface area (Å²) in [5, 5.41) is 0. The molecule has 1 atom stereocenters. The average molecular weight is 518 g/mol. The molecule has 3 rings (SSSR count). The number of amides is 1. The van der Waals surface area contributed by atoms with Gasteiger partial charge in [0.2, 0.25) is 6.41 Å². The first-order chi connectivity index (χ1) is 17.9. The highest BCUT2D eigenvalue weighted by Crippen LogP contribution is 2.31. The number of nitrogens with two attached hydrogens (primary N) is 1. The van der Waals surface area contributed by atoms with Gasteiger partial charge in [-0.05, 0) is 94.5 Å². The molecule has 2 aromatic rings. The number of likely N-dealkylation sites (tertiary alicyclic amines) is 1. The normalized spacial score (nSPS) is 12.9. The van der Waals surface area contributed by atoms with Crippen LogP contribution in [-0.4, -0.2) is 70.7 Å².